The SMILES string of the molecule is Cc1ccc(-c2[nH]ncc2CN2CCC(Cc3ccc(=O)[nH]c3)CC2)cc1. The van der Waals surface area contributed by atoms with Crippen LogP contribution in [0.4, 0.5) is 0 Å². The third-order valence-electron chi connectivity index (χ3n) is 5.53. The Labute approximate surface area is 159 Å². The first-order valence-electron chi connectivity index (χ1n) is 9.66. The molecule has 1 saturated heterocycles. The highest BCUT2D eigenvalue weighted by Crippen LogP contribution is 2.26. The average molecular weight is 362 g/mol. The minimum atomic E-state index is -0.0296. The van der Waals surface area contributed by atoms with Crippen LogP contribution in [0.5, 0.6) is 0 Å². The largest absolute Gasteiger partial charge is 0.329 e. The second-order valence-electron chi connectivity index (χ2n) is 7.62. The van der Waals surface area contributed by atoms with Crippen LogP contribution in [0.3, 0.4) is 0 Å². The number of aromatic amines is 2. The van der Waals surface area contributed by atoms with Gasteiger partial charge in [0.1, 0.15) is 0 Å². The van der Waals surface area contributed by atoms with Gasteiger partial charge in [0.2, 0.25) is 5.56 Å². The van der Waals surface area contributed by atoms with Gasteiger partial charge in [0.25, 0.3) is 0 Å². The molecule has 0 saturated carbocycles. The van der Waals surface area contributed by atoms with Crippen LogP contribution < -0.4 is 5.56 Å². The van der Waals surface area contributed by atoms with Crippen molar-refractivity contribution in [3.8, 4) is 11.3 Å². The first-order valence-corrected chi connectivity index (χ1v) is 9.66. The van der Waals surface area contributed by atoms with Crippen LogP contribution in [0.1, 0.15) is 29.5 Å². The fraction of sp³-hybridized carbons (Fsp3) is 0.364. The van der Waals surface area contributed by atoms with Gasteiger partial charge in [-0.15, -0.1) is 0 Å². The summed E-state index contributed by atoms with van der Waals surface area (Å²) in [6.07, 6.45) is 7.24. The monoisotopic (exact) mass is 362 g/mol. The lowest BCUT2D eigenvalue weighted by Gasteiger charge is -2.32. The van der Waals surface area contributed by atoms with Crippen molar-refractivity contribution in [2.24, 2.45) is 5.92 Å². The third kappa shape index (κ3) is 4.37. The number of nitrogens with one attached hydrogen (secondary N) is 2. The molecule has 0 bridgehead atoms. The molecule has 0 amide bonds. The second kappa shape index (κ2) is 7.92. The Balaban J connectivity index is 1.34. The Hall–Kier alpha value is -2.66. The zero-order valence-corrected chi connectivity index (χ0v) is 15.7. The van der Waals surface area contributed by atoms with Crippen LogP contribution >= 0.6 is 0 Å². The first-order chi connectivity index (χ1) is 13.2. The van der Waals surface area contributed by atoms with Gasteiger partial charge in [-0.05, 0) is 56.3 Å². The number of aromatic nitrogens is 3. The Morgan fingerprint density at radius 2 is 1.89 bits per heavy atom. The number of nitrogens with zero attached hydrogens (tertiary/aromatic N) is 2. The predicted molar refractivity (Wildman–Crippen MR) is 108 cm³/mol. The minimum Gasteiger partial charge on any atom is -0.329 e. The number of piperidine rings is 1. The Morgan fingerprint density at radius 3 is 2.59 bits per heavy atom. The summed E-state index contributed by atoms with van der Waals surface area (Å²) >= 11 is 0. The molecular formula is C22H26N4O. The van der Waals surface area contributed by atoms with Crippen molar-refractivity contribution in [3.63, 3.8) is 0 Å². The molecule has 5 heteroatoms. The molecule has 1 aliphatic heterocycles. The van der Waals surface area contributed by atoms with Crippen molar-refractivity contribution in [2.45, 2.75) is 32.7 Å². The molecule has 27 heavy (non-hydrogen) atoms. The molecule has 0 spiro atoms. The predicted octanol–water partition coefficient (Wildman–Crippen LogP) is 3.53. The smallest absolute Gasteiger partial charge is 0.247 e. The molecule has 1 aromatic carbocycles. The van der Waals surface area contributed by atoms with E-state index in [-0.39, 0.29) is 5.56 Å². The first kappa shape index (κ1) is 17.7. The van der Waals surface area contributed by atoms with Gasteiger partial charge in [-0.1, -0.05) is 35.9 Å². The summed E-state index contributed by atoms with van der Waals surface area (Å²) in [7, 11) is 0. The quantitative estimate of drug-likeness (QED) is 0.730. The molecule has 0 atom stereocenters. The van der Waals surface area contributed by atoms with Gasteiger partial charge in [-0.2, -0.15) is 5.10 Å². The van der Waals surface area contributed by atoms with Crippen LogP contribution in [0.25, 0.3) is 11.3 Å². The lowest BCUT2D eigenvalue weighted by molar-refractivity contribution is 0.177. The van der Waals surface area contributed by atoms with E-state index >= 15 is 0 Å². The van der Waals surface area contributed by atoms with Gasteiger partial charge in [-0.3, -0.25) is 14.8 Å². The van der Waals surface area contributed by atoms with Gasteiger partial charge in [0, 0.05) is 24.4 Å². The lowest BCUT2D eigenvalue weighted by Crippen LogP contribution is -2.34. The Bertz CT molecular complexity index is 913. The van der Waals surface area contributed by atoms with E-state index in [1.165, 1.54) is 35.1 Å². The Kier molecular flexibility index (Phi) is 5.21. The summed E-state index contributed by atoms with van der Waals surface area (Å²) < 4.78 is 0. The molecule has 3 aromatic rings. The van der Waals surface area contributed by atoms with Gasteiger partial charge in [0.05, 0.1) is 11.9 Å². The third-order valence-corrected chi connectivity index (χ3v) is 5.53. The molecule has 5 nitrogen and oxygen atoms in total. The van der Waals surface area contributed by atoms with Crippen LogP contribution in [0.15, 0.2) is 53.6 Å². The van der Waals surface area contributed by atoms with E-state index in [2.05, 4.69) is 51.3 Å². The molecule has 1 aliphatic rings. The van der Waals surface area contributed by atoms with E-state index in [0.717, 1.165) is 31.7 Å². The van der Waals surface area contributed by atoms with E-state index in [0.29, 0.717) is 5.92 Å². The molecule has 1 fully saturated rings. The summed E-state index contributed by atoms with van der Waals surface area (Å²) in [6.45, 7) is 5.25. The summed E-state index contributed by atoms with van der Waals surface area (Å²) in [5, 5.41) is 7.46. The highest BCUT2D eigenvalue weighted by molar-refractivity contribution is 5.62. The molecule has 3 heterocycles. The number of benzene rings is 1. The van der Waals surface area contributed by atoms with E-state index < -0.39 is 0 Å². The minimum absolute atomic E-state index is 0.0296. The van der Waals surface area contributed by atoms with Crippen molar-refractivity contribution < 1.29 is 0 Å². The maximum atomic E-state index is 11.2. The zero-order valence-electron chi connectivity index (χ0n) is 15.7. The molecule has 4 rings (SSSR count). The van der Waals surface area contributed by atoms with Gasteiger partial charge in [-0.25, -0.2) is 0 Å². The average Bonchev–Trinajstić information content (AvgIpc) is 3.14. The molecule has 0 radical (unpaired) electrons. The van der Waals surface area contributed by atoms with E-state index in [9.17, 15) is 4.79 Å². The zero-order chi connectivity index (χ0) is 18.6. The van der Waals surface area contributed by atoms with Crippen LogP contribution in [-0.2, 0) is 13.0 Å². The summed E-state index contributed by atoms with van der Waals surface area (Å²) in [6, 6.07) is 12.2. The fourth-order valence-corrected chi connectivity index (χ4v) is 3.89. The van der Waals surface area contributed by atoms with Gasteiger partial charge in [0.15, 0.2) is 0 Å². The number of H-pyrrole nitrogens is 2. The number of hydrogen-bond donors (Lipinski definition) is 2. The van der Waals surface area contributed by atoms with Gasteiger partial charge >= 0.3 is 0 Å². The van der Waals surface area contributed by atoms with Crippen molar-refractivity contribution in [1.82, 2.24) is 20.1 Å². The maximum absolute atomic E-state index is 11.2. The van der Waals surface area contributed by atoms with Crippen LogP contribution in [0.2, 0.25) is 0 Å². The topological polar surface area (TPSA) is 64.8 Å². The number of pyridine rings is 1. The Morgan fingerprint density at radius 1 is 1.11 bits per heavy atom. The summed E-state index contributed by atoms with van der Waals surface area (Å²) in [5.74, 6) is 0.688. The second-order valence-corrected chi connectivity index (χ2v) is 7.62. The number of rotatable bonds is 5. The summed E-state index contributed by atoms with van der Waals surface area (Å²) in [5.41, 5.74) is 6.05. The molecule has 2 N–H and O–H groups in total. The fourth-order valence-electron chi connectivity index (χ4n) is 3.89. The van der Waals surface area contributed by atoms with Crippen molar-refractivity contribution in [2.75, 3.05) is 13.1 Å². The molecule has 2 aromatic heterocycles. The number of likely N-dealkylation sites (tertiary alicyclic amines) is 1. The number of hydrogen-bond acceptors (Lipinski definition) is 3. The van der Waals surface area contributed by atoms with Crippen LogP contribution in [0, 0.1) is 12.8 Å². The molecule has 0 aliphatic carbocycles. The molecule has 0 unspecified atom stereocenters. The van der Waals surface area contributed by atoms with Crippen molar-refractivity contribution >= 4 is 0 Å². The highest BCUT2D eigenvalue weighted by atomic mass is 16.1. The summed E-state index contributed by atoms with van der Waals surface area (Å²) in [4.78, 5) is 16.5. The van der Waals surface area contributed by atoms with E-state index in [1.807, 2.05) is 18.5 Å². The van der Waals surface area contributed by atoms with Crippen molar-refractivity contribution in [1.29, 1.82) is 0 Å². The lowest BCUT2D eigenvalue weighted by atomic mass is 9.90. The van der Waals surface area contributed by atoms with E-state index in [1.54, 1.807) is 6.07 Å². The van der Waals surface area contributed by atoms with Crippen LogP contribution in [-0.4, -0.2) is 33.2 Å². The highest BCUT2D eigenvalue weighted by Gasteiger charge is 2.21. The number of aryl methyl sites for hydroxylation is 1. The standard InChI is InChI=1S/C22H26N4O/c1-16-2-5-19(6-3-16)22-20(14-24-25-22)15-26-10-8-17(9-11-26)12-18-4-7-21(27)23-13-18/h2-7,13-14,17H,8-12,15H2,1H3,(H,23,27)(H,24,25). The molecule has 140 valence electrons. The van der Waals surface area contributed by atoms with Gasteiger partial charge < -0.3 is 4.98 Å². The van der Waals surface area contributed by atoms with E-state index in [4.69, 9.17) is 0 Å². The molecular weight excluding hydrogens is 336 g/mol. The normalized spacial score (nSPS) is 15.9. The van der Waals surface area contributed by atoms with Crippen molar-refractivity contribution in [3.05, 3.63) is 75.8 Å². The maximum Gasteiger partial charge on any atom is 0.247 e.